The van der Waals surface area contributed by atoms with Crippen molar-refractivity contribution in [3.8, 4) is 0 Å². The standard InChI is InChI=1S/C13H18F4N4.C10H14N2.C10H23N/c1-8(2)6-19-12(18)21-20-7-9-3-10(13(15,16)17)5-11(14)4-9;1-12-7-3-5-10(12)9-4-2-6-11-8-9;1-2-3-4-5-6-7-8-9-10-11/h3-5,8,20H,6-7H2,1-2H3,(H3,18,19,21);2,4,6,8,10H,3,5,7H2,1H3;2-11H2,1H3. The molecule has 1 unspecified atom stereocenters. The van der Waals surface area contributed by atoms with Crippen molar-refractivity contribution in [2.75, 3.05) is 26.7 Å². The molecule has 6 N–H and O–H groups in total. The summed E-state index contributed by atoms with van der Waals surface area (Å²) in [6.45, 7) is 8.78. The molecule has 1 aliphatic heterocycles. The van der Waals surface area contributed by atoms with Crippen molar-refractivity contribution < 1.29 is 17.6 Å². The molecule has 2 aromatic rings. The predicted octanol–water partition coefficient (Wildman–Crippen LogP) is 7.34. The Labute approximate surface area is 262 Å². The van der Waals surface area contributed by atoms with Crippen LogP contribution in [-0.2, 0) is 12.7 Å². The van der Waals surface area contributed by atoms with Crippen molar-refractivity contribution in [3.05, 3.63) is 65.2 Å². The lowest BCUT2D eigenvalue weighted by Gasteiger charge is -2.18. The summed E-state index contributed by atoms with van der Waals surface area (Å²) in [5.41, 5.74) is 16.5. The number of benzene rings is 1. The average molecular weight is 626 g/mol. The summed E-state index contributed by atoms with van der Waals surface area (Å²) in [5.74, 6) is -0.484. The number of nitrogens with zero attached hydrogens (tertiary/aromatic N) is 3. The van der Waals surface area contributed by atoms with Crippen LogP contribution >= 0.6 is 0 Å². The number of aliphatic imine (C=N–C) groups is 1. The van der Waals surface area contributed by atoms with Crippen molar-refractivity contribution in [2.45, 2.75) is 104 Å². The van der Waals surface area contributed by atoms with Crippen LogP contribution in [-0.4, -0.2) is 42.5 Å². The highest BCUT2D eigenvalue weighted by molar-refractivity contribution is 5.77. The van der Waals surface area contributed by atoms with Crippen LogP contribution in [0.25, 0.3) is 0 Å². The molecule has 0 bridgehead atoms. The van der Waals surface area contributed by atoms with Gasteiger partial charge in [0, 0.05) is 31.5 Å². The van der Waals surface area contributed by atoms with Gasteiger partial charge in [-0.2, -0.15) is 13.2 Å². The molecule has 250 valence electrons. The average Bonchev–Trinajstić information content (AvgIpc) is 3.42. The van der Waals surface area contributed by atoms with E-state index in [-0.39, 0.29) is 18.1 Å². The minimum Gasteiger partial charge on any atom is -0.369 e. The van der Waals surface area contributed by atoms with Crippen molar-refractivity contribution in [2.24, 2.45) is 22.4 Å². The van der Waals surface area contributed by atoms with E-state index in [0.717, 1.165) is 18.7 Å². The first-order chi connectivity index (χ1) is 21.0. The number of hydrogen-bond donors (Lipinski definition) is 4. The topological polar surface area (TPSA) is 105 Å². The number of aromatic nitrogens is 1. The molecule has 7 nitrogen and oxygen atoms in total. The van der Waals surface area contributed by atoms with Crippen LogP contribution in [0.2, 0.25) is 0 Å². The highest BCUT2D eigenvalue weighted by Gasteiger charge is 2.31. The normalized spacial score (nSPS) is 15.4. The number of guanidine groups is 1. The SMILES string of the molecule is CC(C)CN=C(N)NNCc1cc(F)cc(C(F)(F)F)c1.CCCCCCCCCCN.CN1CCCC1c1cccnc1. The molecule has 0 saturated carbocycles. The fraction of sp³-hybridized carbons (Fsp3) is 0.636. The Kier molecular flexibility index (Phi) is 20.3. The third-order valence-electron chi connectivity index (χ3n) is 7.07. The lowest BCUT2D eigenvalue weighted by molar-refractivity contribution is -0.137. The molecule has 3 rings (SSSR count). The van der Waals surface area contributed by atoms with Gasteiger partial charge in [-0.25, -0.2) is 9.82 Å². The summed E-state index contributed by atoms with van der Waals surface area (Å²) in [6.07, 6.45) is 12.8. The number of hydrogen-bond acceptors (Lipinski definition) is 5. The molecule has 44 heavy (non-hydrogen) atoms. The summed E-state index contributed by atoms with van der Waals surface area (Å²) in [6, 6.07) is 7.14. The summed E-state index contributed by atoms with van der Waals surface area (Å²) in [5, 5.41) is 0. The number of pyridine rings is 1. The van der Waals surface area contributed by atoms with Gasteiger partial charge in [-0.1, -0.05) is 71.8 Å². The molecule has 11 heteroatoms. The third-order valence-corrected chi connectivity index (χ3v) is 7.07. The first-order valence-electron chi connectivity index (χ1n) is 15.9. The van der Waals surface area contributed by atoms with E-state index >= 15 is 0 Å². The van der Waals surface area contributed by atoms with Crippen LogP contribution in [0.5, 0.6) is 0 Å². The molecule has 1 fully saturated rings. The summed E-state index contributed by atoms with van der Waals surface area (Å²) in [4.78, 5) is 10.5. The lowest BCUT2D eigenvalue weighted by atomic mass is 10.1. The van der Waals surface area contributed by atoms with Gasteiger partial charge >= 0.3 is 6.18 Å². The second kappa shape index (κ2) is 22.7. The smallest absolute Gasteiger partial charge is 0.369 e. The van der Waals surface area contributed by atoms with Gasteiger partial charge in [0.1, 0.15) is 5.82 Å². The Morgan fingerprint density at radius 1 is 1.09 bits per heavy atom. The minimum absolute atomic E-state index is 0.0290. The van der Waals surface area contributed by atoms with Crippen LogP contribution in [0, 0.1) is 11.7 Å². The third kappa shape index (κ3) is 18.1. The van der Waals surface area contributed by atoms with Crippen LogP contribution in [0.3, 0.4) is 0 Å². The molecule has 1 saturated heterocycles. The number of likely N-dealkylation sites (tertiary alicyclic amines) is 1. The predicted molar refractivity (Wildman–Crippen MR) is 173 cm³/mol. The Morgan fingerprint density at radius 2 is 1.77 bits per heavy atom. The van der Waals surface area contributed by atoms with Gasteiger partial charge in [0.15, 0.2) is 0 Å². The van der Waals surface area contributed by atoms with Gasteiger partial charge in [-0.15, -0.1) is 0 Å². The minimum atomic E-state index is -4.58. The first kappa shape index (κ1) is 39.3. The summed E-state index contributed by atoms with van der Waals surface area (Å²) in [7, 11) is 2.19. The highest BCUT2D eigenvalue weighted by atomic mass is 19.4. The quantitative estimate of drug-likeness (QED) is 0.0576. The number of nitrogens with two attached hydrogens (primary N) is 2. The van der Waals surface area contributed by atoms with Crippen molar-refractivity contribution >= 4 is 5.96 Å². The van der Waals surface area contributed by atoms with Crippen LogP contribution in [0.1, 0.15) is 108 Å². The molecular weight excluding hydrogens is 570 g/mol. The fourth-order valence-electron chi connectivity index (χ4n) is 4.66. The summed E-state index contributed by atoms with van der Waals surface area (Å²) >= 11 is 0. The van der Waals surface area contributed by atoms with Crippen molar-refractivity contribution in [3.63, 3.8) is 0 Å². The van der Waals surface area contributed by atoms with Gasteiger partial charge in [-0.3, -0.25) is 20.3 Å². The maximum Gasteiger partial charge on any atom is 0.416 e. The molecule has 2 heterocycles. The van der Waals surface area contributed by atoms with Crippen LogP contribution in [0.15, 0.2) is 47.7 Å². The van der Waals surface area contributed by atoms with Crippen LogP contribution in [0.4, 0.5) is 17.6 Å². The first-order valence-corrected chi connectivity index (χ1v) is 15.9. The molecule has 1 atom stereocenters. The van der Waals surface area contributed by atoms with Gasteiger partial charge in [-0.05, 0) is 80.7 Å². The number of hydrazine groups is 1. The molecule has 0 radical (unpaired) electrons. The lowest BCUT2D eigenvalue weighted by Crippen LogP contribution is -2.42. The molecular formula is C33H55F4N7. The monoisotopic (exact) mass is 625 g/mol. The molecule has 0 aliphatic carbocycles. The zero-order valence-electron chi connectivity index (χ0n) is 27.1. The number of unbranched alkanes of at least 4 members (excludes halogenated alkanes) is 7. The Balaban J connectivity index is 0.000000357. The zero-order chi connectivity index (χ0) is 32.8. The van der Waals surface area contributed by atoms with Gasteiger partial charge in [0.25, 0.3) is 0 Å². The van der Waals surface area contributed by atoms with E-state index in [2.05, 4.69) is 45.8 Å². The number of nitrogens with one attached hydrogen (secondary N) is 2. The van der Waals surface area contributed by atoms with Gasteiger partial charge in [0.05, 0.1) is 5.56 Å². The highest BCUT2D eigenvalue weighted by Crippen LogP contribution is 2.30. The number of rotatable bonds is 14. The van der Waals surface area contributed by atoms with E-state index in [4.69, 9.17) is 11.5 Å². The fourth-order valence-corrected chi connectivity index (χ4v) is 4.66. The van der Waals surface area contributed by atoms with Crippen LogP contribution < -0.4 is 22.3 Å². The van der Waals surface area contributed by atoms with E-state index in [1.165, 1.54) is 76.3 Å². The second-order valence-electron chi connectivity index (χ2n) is 11.6. The zero-order valence-corrected chi connectivity index (χ0v) is 27.1. The van der Waals surface area contributed by atoms with Crippen molar-refractivity contribution in [1.29, 1.82) is 0 Å². The van der Waals surface area contributed by atoms with E-state index in [1.807, 2.05) is 32.3 Å². The number of halogens is 4. The van der Waals surface area contributed by atoms with Gasteiger partial charge < -0.3 is 11.5 Å². The van der Waals surface area contributed by atoms with E-state index in [1.54, 1.807) is 0 Å². The Hall–Kier alpha value is -2.76. The van der Waals surface area contributed by atoms with Crippen molar-refractivity contribution in [1.82, 2.24) is 20.7 Å². The molecule has 0 spiro atoms. The Morgan fingerprint density at radius 3 is 2.32 bits per heavy atom. The van der Waals surface area contributed by atoms with E-state index in [0.29, 0.717) is 24.6 Å². The Bertz CT molecular complexity index is 1020. The maximum absolute atomic E-state index is 13.2. The molecule has 1 aliphatic rings. The van der Waals surface area contributed by atoms with Gasteiger partial charge in [0.2, 0.25) is 5.96 Å². The van der Waals surface area contributed by atoms with E-state index < -0.39 is 17.6 Å². The largest absolute Gasteiger partial charge is 0.416 e. The second-order valence-corrected chi connectivity index (χ2v) is 11.6. The molecule has 1 aromatic carbocycles. The van der Waals surface area contributed by atoms with E-state index in [9.17, 15) is 17.6 Å². The molecule has 0 amide bonds. The molecule has 1 aromatic heterocycles. The summed E-state index contributed by atoms with van der Waals surface area (Å²) < 4.78 is 50.8. The maximum atomic E-state index is 13.2. The number of alkyl halides is 3.